The monoisotopic (exact) mass is 472 g/mol. The van der Waals surface area contributed by atoms with E-state index in [9.17, 15) is 18.0 Å². The van der Waals surface area contributed by atoms with Crippen LogP contribution in [0.2, 0.25) is 0 Å². The zero-order valence-electron chi connectivity index (χ0n) is 20.0. The van der Waals surface area contributed by atoms with E-state index in [2.05, 4.69) is 25.8 Å². The van der Waals surface area contributed by atoms with Gasteiger partial charge in [0.2, 0.25) is 0 Å². The molecule has 0 aliphatic heterocycles. The van der Waals surface area contributed by atoms with Crippen molar-refractivity contribution in [3.05, 3.63) is 54.1 Å². The highest BCUT2D eigenvalue weighted by molar-refractivity contribution is 5.84. The number of para-hydroxylation sites is 2. The molecule has 0 N–H and O–H groups in total. The van der Waals surface area contributed by atoms with E-state index in [4.69, 9.17) is 4.74 Å². The van der Waals surface area contributed by atoms with Crippen molar-refractivity contribution in [1.82, 2.24) is 9.55 Å². The largest absolute Gasteiger partial charge is 0.461 e. The fourth-order valence-corrected chi connectivity index (χ4v) is 5.05. The second-order valence-electron chi connectivity index (χ2n) is 9.85. The first kappa shape index (κ1) is 24.3. The lowest BCUT2D eigenvalue weighted by Crippen LogP contribution is -2.37. The average Bonchev–Trinajstić information content (AvgIpc) is 3.17. The third-order valence-electron chi connectivity index (χ3n) is 7.02. The Kier molecular flexibility index (Phi) is 6.74. The minimum absolute atomic E-state index is 0.136. The summed E-state index contributed by atoms with van der Waals surface area (Å²) < 4.78 is 47.0. The average molecular weight is 473 g/mol. The molecule has 7 heteroatoms. The third-order valence-corrected chi connectivity index (χ3v) is 7.02. The van der Waals surface area contributed by atoms with Crippen LogP contribution in [0.25, 0.3) is 22.4 Å². The topological polar surface area (TPSA) is 44.1 Å². The summed E-state index contributed by atoms with van der Waals surface area (Å²) in [7, 11) is 0. The number of hydrogen-bond donors (Lipinski definition) is 0. The Hall–Kier alpha value is -2.83. The molecule has 4 rings (SSSR count). The quantitative estimate of drug-likeness (QED) is 0.366. The molecule has 0 bridgehead atoms. The molecule has 0 saturated heterocycles. The van der Waals surface area contributed by atoms with Gasteiger partial charge in [-0.1, -0.05) is 51.5 Å². The van der Waals surface area contributed by atoms with Crippen LogP contribution in [0.15, 0.2) is 48.5 Å². The lowest BCUT2D eigenvalue weighted by molar-refractivity contribution is -0.159. The van der Waals surface area contributed by atoms with E-state index in [1.165, 1.54) is 12.1 Å². The SMILES string of the molecule is CC1CCC(C(C)C)[C@H](OC(=O)[C@@H](C)n2c(-c3ccc(C(F)(F)F)cc3)nc3ccccc32)C1. The minimum atomic E-state index is -4.42. The van der Waals surface area contributed by atoms with Crippen LogP contribution in [0.1, 0.15) is 58.6 Å². The molecule has 182 valence electrons. The Morgan fingerprint density at radius 3 is 2.38 bits per heavy atom. The van der Waals surface area contributed by atoms with Crippen molar-refractivity contribution in [2.24, 2.45) is 17.8 Å². The molecule has 1 aliphatic carbocycles. The maximum atomic E-state index is 13.4. The molecule has 4 nitrogen and oxygen atoms in total. The predicted molar refractivity (Wildman–Crippen MR) is 126 cm³/mol. The number of benzene rings is 2. The molecule has 1 heterocycles. The number of rotatable bonds is 5. The molecule has 1 fully saturated rings. The molecule has 34 heavy (non-hydrogen) atoms. The zero-order valence-corrected chi connectivity index (χ0v) is 20.0. The highest BCUT2D eigenvalue weighted by Crippen LogP contribution is 2.37. The van der Waals surface area contributed by atoms with E-state index in [1.807, 2.05) is 24.3 Å². The Labute approximate surface area is 198 Å². The van der Waals surface area contributed by atoms with E-state index < -0.39 is 17.8 Å². The number of imidazole rings is 1. The van der Waals surface area contributed by atoms with Gasteiger partial charge in [-0.05, 0) is 61.8 Å². The van der Waals surface area contributed by atoms with Gasteiger partial charge in [0, 0.05) is 5.56 Å². The summed E-state index contributed by atoms with van der Waals surface area (Å²) in [5.41, 5.74) is 1.19. The number of halogens is 3. The van der Waals surface area contributed by atoms with Crippen LogP contribution in [0.5, 0.6) is 0 Å². The van der Waals surface area contributed by atoms with Crippen LogP contribution in [-0.4, -0.2) is 21.6 Å². The Bertz CT molecular complexity index is 1150. The number of aromatic nitrogens is 2. The number of nitrogens with zero attached hydrogens (tertiary/aromatic N) is 2. The maximum absolute atomic E-state index is 13.4. The van der Waals surface area contributed by atoms with Crippen LogP contribution in [0, 0.1) is 17.8 Å². The van der Waals surface area contributed by atoms with Gasteiger partial charge in [-0.25, -0.2) is 9.78 Å². The summed E-state index contributed by atoms with van der Waals surface area (Å²) >= 11 is 0. The van der Waals surface area contributed by atoms with E-state index in [-0.39, 0.29) is 12.1 Å². The van der Waals surface area contributed by atoms with Crippen molar-refractivity contribution in [3.63, 3.8) is 0 Å². The molecule has 0 radical (unpaired) electrons. The third kappa shape index (κ3) is 4.84. The first-order chi connectivity index (χ1) is 16.1. The fraction of sp³-hybridized carbons (Fsp3) is 0.481. The van der Waals surface area contributed by atoms with Crippen LogP contribution < -0.4 is 0 Å². The summed E-state index contributed by atoms with van der Waals surface area (Å²) in [6.45, 7) is 8.28. The number of hydrogen-bond acceptors (Lipinski definition) is 3. The molecule has 0 spiro atoms. The van der Waals surface area contributed by atoms with Crippen molar-refractivity contribution in [2.45, 2.75) is 65.3 Å². The molecule has 0 amide bonds. The van der Waals surface area contributed by atoms with Gasteiger partial charge in [0.15, 0.2) is 0 Å². The van der Waals surface area contributed by atoms with Gasteiger partial charge in [-0.2, -0.15) is 13.2 Å². The Morgan fingerprint density at radius 2 is 1.74 bits per heavy atom. The van der Waals surface area contributed by atoms with Crippen molar-refractivity contribution >= 4 is 17.0 Å². The molecular formula is C27H31F3N2O2. The summed E-state index contributed by atoms with van der Waals surface area (Å²) in [5, 5.41) is 0. The smallest absolute Gasteiger partial charge is 0.416 e. The van der Waals surface area contributed by atoms with Crippen LogP contribution in [-0.2, 0) is 15.7 Å². The molecule has 1 saturated carbocycles. The van der Waals surface area contributed by atoms with Gasteiger partial charge in [0.1, 0.15) is 18.0 Å². The minimum Gasteiger partial charge on any atom is -0.461 e. The predicted octanol–water partition coefficient (Wildman–Crippen LogP) is 7.29. The standard InChI is InChI=1S/C27H31F3N2O2/c1-16(2)21-14-9-17(3)15-24(21)34-26(33)18(4)32-23-8-6-5-7-22(23)31-25(32)19-10-12-20(13-11-19)27(28,29)30/h5-8,10-13,16-18,21,24H,9,14-15H2,1-4H3/t17?,18-,21?,24-/m1/s1. The lowest BCUT2D eigenvalue weighted by atomic mass is 9.75. The zero-order chi connectivity index (χ0) is 24.6. The number of esters is 1. The van der Waals surface area contributed by atoms with Crippen LogP contribution in [0.3, 0.4) is 0 Å². The van der Waals surface area contributed by atoms with Gasteiger partial charge in [0.05, 0.1) is 16.6 Å². The number of fused-ring (bicyclic) bond motifs is 1. The first-order valence-electron chi connectivity index (χ1n) is 11.9. The van der Waals surface area contributed by atoms with Crippen LogP contribution >= 0.6 is 0 Å². The van der Waals surface area contributed by atoms with E-state index >= 15 is 0 Å². The second-order valence-corrected chi connectivity index (χ2v) is 9.85. The summed E-state index contributed by atoms with van der Waals surface area (Å²) in [4.78, 5) is 18.0. The maximum Gasteiger partial charge on any atom is 0.416 e. The molecule has 1 aliphatic rings. The van der Waals surface area contributed by atoms with Crippen LogP contribution in [0.4, 0.5) is 13.2 Å². The lowest BCUT2D eigenvalue weighted by Gasteiger charge is -2.37. The normalized spacial score (nSPS) is 22.2. The van der Waals surface area contributed by atoms with Gasteiger partial charge in [-0.15, -0.1) is 0 Å². The van der Waals surface area contributed by atoms with Gasteiger partial charge in [-0.3, -0.25) is 0 Å². The highest BCUT2D eigenvalue weighted by atomic mass is 19.4. The molecule has 2 aromatic carbocycles. The number of carbonyl (C=O) groups excluding carboxylic acids is 1. The van der Waals surface area contributed by atoms with E-state index in [0.29, 0.717) is 34.7 Å². The van der Waals surface area contributed by atoms with Crippen molar-refractivity contribution in [2.75, 3.05) is 0 Å². The van der Waals surface area contributed by atoms with Crippen molar-refractivity contribution < 1.29 is 22.7 Å². The van der Waals surface area contributed by atoms with E-state index in [0.717, 1.165) is 36.9 Å². The molecule has 4 atom stereocenters. The molecule has 3 aromatic rings. The number of alkyl halides is 3. The first-order valence-corrected chi connectivity index (χ1v) is 11.9. The van der Waals surface area contributed by atoms with Crippen molar-refractivity contribution in [1.29, 1.82) is 0 Å². The van der Waals surface area contributed by atoms with Gasteiger partial charge in [0.25, 0.3) is 0 Å². The van der Waals surface area contributed by atoms with Crippen molar-refractivity contribution in [3.8, 4) is 11.4 Å². The Balaban J connectivity index is 1.68. The second kappa shape index (κ2) is 9.43. The fourth-order valence-electron chi connectivity index (χ4n) is 5.05. The van der Waals surface area contributed by atoms with Gasteiger partial charge >= 0.3 is 12.1 Å². The summed E-state index contributed by atoms with van der Waals surface area (Å²) in [6, 6.07) is 11.6. The highest BCUT2D eigenvalue weighted by Gasteiger charge is 2.35. The number of carbonyl (C=O) groups is 1. The molecule has 1 aromatic heterocycles. The van der Waals surface area contributed by atoms with Gasteiger partial charge < -0.3 is 9.30 Å². The molecular weight excluding hydrogens is 441 g/mol. The summed E-state index contributed by atoms with van der Waals surface area (Å²) in [6.07, 6.45) is -1.53. The number of ether oxygens (including phenoxy) is 1. The summed E-state index contributed by atoms with van der Waals surface area (Å²) in [5.74, 6) is 1.33. The Morgan fingerprint density at radius 1 is 1.06 bits per heavy atom. The molecule has 2 unspecified atom stereocenters. The van der Waals surface area contributed by atoms with E-state index in [1.54, 1.807) is 11.5 Å².